The van der Waals surface area contributed by atoms with Crippen LogP contribution in [0.1, 0.15) is 0 Å². The summed E-state index contributed by atoms with van der Waals surface area (Å²) in [4.78, 5) is 11.0. The summed E-state index contributed by atoms with van der Waals surface area (Å²) in [7, 11) is 1.60. The van der Waals surface area contributed by atoms with Crippen LogP contribution in [0.25, 0.3) is 0 Å². The second-order valence-electron chi connectivity index (χ2n) is 2.59. The van der Waals surface area contributed by atoms with Crippen molar-refractivity contribution in [2.45, 2.75) is 0 Å². The van der Waals surface area contributed by atoms with Gasteiger partial charge in [0.1, 0.15) is 5.76 Å². The van der Waals surface area contributed by atoms with Crippen molar-refractivity contribution >= 4 is 5.78 Å². The molecule has 0 amide bonds. The van der Waals surface area contributed by atoms with Gasteiger partial charge in [0.2, 0.25) is 0 Å². The molecule has 0 aromatic heterocycles. The summed E-state index contributed by atoms with van der Waals surface area (Å²) in [5.74, 6) is 1.39. The van der Waals surface area contributed by atoms with Crippen LogP contribution in [0, 0.1) is 11.8 Å². The van der Waals surface area contributed by atoms with Gasteiger partial charge in [0.15, 0.2) is 5.78 Å². The average molecular weight is 136 g/mol. The Kier molecular flexibility index (Phi) is 0.982. The number of ether oxygens (including phenoxy) is 1. The predicted octanol–water partition coefficient (Wildman–Crippen LogP) is 0.902. The summed E-state index contributed by atoms with van der Waals surface area (Å²) in [6, 6.07) is 0. The van der Waals surface area contributed by atoms with E-state index in [4.69, 9.17) is 4.74 Å². The van der Waals surface area contributed by atoms with Crippen LogP contribution in [-0.2, 0) is 9.53 Å². The number of carbonyl (C=O) groups is 1. The van der Waals surface area contributed by atoms with Gasteiger partial charge in [-0.25, -0.2) is 0 Å². The fourth-order valence-corrected chi connectivity index (χ4v) is 1.46. The molecule has 0 aromatic rings. The van der Waals surface area contributed by atoms with Gasteiger partial charge < -0.3 is 4.74 Å². The third-order valence-corrected chi connectivity index (χ3v) is 2.07. The minimum Gasteiger partial charge on any atom is -0.501 e. The molecular weight excluding hydrogens is 128 g/mol. The molecule has 0 unspecified atom stereocenters. The zero-order valence-electron chi connectivity index (χ0n) is 5.70. The van der Waals surface area contributed by atoms with Crippen molar-refractivity contribution in [3.8, 4) is 0 Å². The molecule has 2 heteroatoms. The molecule has 0 heterocycles. The summed E-state index contributed by atoms with van der Waals surface area (Å²) >= 11 is 0. The van der Waals surface area contributed by atoms with Crippen molar-refractivity contribution in [2.75, 3.05) is 7.11 Å². The molecule has 0 aliphatic heterocycles. The first-order chi connectivity index (χ1) is 4.83. The third-order valence-electron chi connectivity index (χ3n) is 2.07. The zero-order chi connectivity index (χ0) is 7.14. The normalized spacial score (nSPS) is 34.9. The monoisotopic (exact) mass is 136 g/mol. The van der Waals surface area contributed by atoms with Gasteiger partial charge in [0.25, 0.3) is 0 Å². The molecule has 0 radical (unpaired) electrons. The molecule has 0 N–H and O–H groups in total. The lowest BCUT2D eigenvalue weighted by Crippen LogP contribution is -2.26. The third kappa shape index (κ3) is 0.511. The van der Waals surface area contributed by atoms with Crippen LogP contribution in [0.3, 0.4) is 0 Å². The van der Waals surface area contributed by atoms with Crippen molar-refractivity contribution in [3.05, 3.63) is 24.0 Å². The molecule has 0 fully saturated rings. The Labute approximate surface area is 59.2 Å². The van der Waals surface area contributed by atoms with E-state index in [0.29, 0.717) is 5.92 Å². The fourth-order valence-electron chi connectivity index (χ4n) is 1.46. The maximum atomic E-state index is 11.0. The van der Waals surface area contributed by atoms with Crippen molar-refractivity contribution in [2.24, 2.45) is 11.8 Å². The van der Waals surface area contributed by atoms with Crippen LogP contribution in [-0.4, -0.2) is 12.9 Å². The van der Waals surface area contributed by atoms with Crippen molar-refractivity contribution < 1.29 is 9.53 Å². The first kappa shape index (κ1) is 5.71. The summed E-state index contributed by atoms with van der Waals surface area (Å²) in [5, 5.41) is 0. The van der Waals surface area contributed by atoms with Gasteiger partial charge in [0, 0.05) is 5.92 Å². The fraction of sp³-hybridized carbons (Fsp3) is 0.375. The highest BCUT2D eigenvalue weighted by molar-refractivity contribution is 5.98. The molecule has 0 saturated carbocycles. The van der Waals surface area contributed by atoms with Gasteiger partial charge >= 0.3 is 0 Å². The summed E-state index contributed by atoms with van der Waals surface area (Å²) in [5.41, 5.74) is 0. The van der Waals surface area contributed by atoms with E-state index < -0.39 is 0 Å². The minimum atomic E-state index is 0.0324. The standard InChI is InChI=1S/C8H8O2/c1-10-7-4-5-2-3-6(9)8(5)7/h2-5,8H,1H3/t5-,8+/m0/s1. The Morgan fingerprint density at radius 2 is 2.40 bits per heavy atom. The highest BCUT2D eigenvalue weighted by Gasteiger charge is 2.40. The van der Waals surface area contributed by atoms with Crippen molar-refractivity contribution in [3.63, 3.8) is 0 Å². The number of methoxy groups -OCH3 is 1. The van der Waals surface area contributed by atoms with Gasteiger partial charge in [-0.15, -0.1) is 0 Å². The summed E-state index contributed by atoms with van der Waals surface area (Å²) in [6.45, 7) is 0. The summed E-state index contributed by atoms with van der Waals surface area (Å²) < 4.78 is 4.97. The van der Waals surface area contributed by atoms with E-state index in [-0.39, 0.29) is 11.7 Å². The van der Waals surface area contributed by atoms with E-state index in [1.165, 1.54) is 0 Å². The topological polar surface area (TPSA) is 26.3 Å². The lowest BCUT2D eigenvalue weighted by atomic mass is 9.82. The molecule has 0 bridgehead atoms. The Hall–Kier alpha value is -1.05. The quantitative estimate of drug-likeness (QED) is 0.535. The largest absolute Gasteiger partial charge is 0.501 e. The molecule has 2 aliphatic carbocycles. The first-order valence-electron chi connectivity index (χ1n) is 3.30. The molecule has 0 spiro atoms. The highest BCUT2D eigenvalue weighted by atomic mass is 16.5. The van der Waals surface area contributed by atoms with Crippen LogP contribution in [0.15, 0.2) is 24.0 Å². The first-order valence-corrected chi connectivity index (χ1v) is 3.30. The molecule has 0 saturated heterocycles. The van der Waals surface area contributed by atoms with E-state index in [0.717, 1.165) is 5.76 Å². The molecule has 2 nitrogen and oxygen atoms in total. The second-order valence-corrected chi connectivity index (χ2v) is 2.59. The van der Waals surface area contributed by atoms with Crippen molar-refractivity contribution in [1.82, 2.24) is 0 Å². The van der Waals surface area contributed by atoms with Crippen molar-refractivity contribution in [1.29, 1.82) is 0 Å². The molecule has 2 atom stereocenters. The Morgan fingerprint density at radius 1 is 1.60 bits per heavy atom. The second kappa shape index (κ2) is 1.72. The zero-order valence-corrected chi connectivity index (χ0v) is 5.70. The molecule has 2 aliphatic rings. The van der Waals surface area contributed by atoms with E-state index in [1.54, 1.807) is 13.2 Å². The van der Waals surface area contributed by atoms with E-state index in [1.807, 2.05) is 12.2 Å². The number of hydrogen-bond donors (Lipinski definition) is 0. The number of allylic oxidation sites excluding steroid dienone is 4. The highest BCUT2D eigenvalue weighted by Crippen LogP contribution is 2.39. The Morgan fingerprint density at radius 3 is 3.00 bits per heavy atom. The smallest absolute Gasteiger partial charge is 0.166 e. The minimum absolute atomic E-state index is 0.0324. The molecular formula is C8H8O2. The Balaban J connectivity index is 2.24. The number of hydrogen-bond acceptors (Lipinski definition) is 2. The van der Waals surface area contributed by atoms with Gasteiger partial charge in [-0.1, -0.05) is 6.08 Å². The van der Waals surface area contributed by atoms with Gasteiger partial charge in [-0.3, -0.25) is 4.79 Å². The number of ketones is 1. The van der Waals surface area contributed by atoms with Gasteiger partial charge in [-0.05, 0) is 12.2 Å². The molecule has 2 rings (SSSR count). The van der Waals surface area contributed by atoms with Crippen LogP contribution >= 0.6 is 0 Å². The van der Waals surface area contributed by atoms with Gasteiger partial charge in [0.05, 0.1) is 13.0 Å². The number of fused-ring (bicyclic) bond motifs is 1. The van der Waals surface area contributed by atoms with Crippen LogP contribution in [0.4, 0.5) is 0 Å². The SMILES string of the molecule is COC1=C[C@@H]2C=CC(=O)[C@H]12. The van der Waals surface area contributed by atoms with Gasteiger partial charge in [-0.2, -0.15) is 0 Å². The lowest BCUT2D eigenvalue weighted by Gasteiger charge is -2.26. The van der Waals surface area contributed by atoms with Crippen LogP contribution in [0.2, 0.25) is 0 Å². The van der Waals surface area contributed by atoms with E-state index in [9.17, 15) is 4.79 Å². The molecule has 0 aromatic carbocycles. The number of carbonyl (C=O) groups excluding carboxylic acids is 1. The molecule has 10 heavy (non-hydrogen) atoms. The van der Waals surface area contributed by atoms with E-state index >= 15 is 0 Å². The predicted molar refractivity (Wildman–Crippen MR) is 36.2 cm³/mol. The Bertz CT molecular complexity index is 238. The number of rotatable bonds is 1. The average Bonchev–Trinajstić information content (AvgIpc) is 2.09. The van der Waals surface area contributed by atoms with E-state index in [2.05, 4.69) is 0 Å². The van der Waals surface area contributed by atoms with Crippen LogP contribution < -0.4 is 0 Å². The maximum absolute atomic E-state index is 11.0. The van der Waals surface area contributed by atoms with Crippen LogP contribution in [0.5, 0.6) is 0 Å². The summed E-state index contributed by atoms with van der Waals surface area (Å²) in [6.07, 6.45) is 5.54. The molecule has 52 valence electrons. The lowest BCUT2D eigenvalue weighted by molar-refractivity contribution is -0.118. The maximum Gasteiger partial charge on any atom is 0.166 e.